The van der Waals surface area contributed by atoms with Gasteiger partial charge in [0.15, 0.2) is 0 Å². The molecule has 0 atom stereocenters. The summed E-state index contributed by atoms with van der Waals surface area (Å²) >= 11 is 0. The summed E-state index contributed by atoms with van der Waals surface area (Å²) in [6.07, 6.45) is 0. The second-order valence-electron chi connectivity index (χ2n) is 3.85. The van der Waals surface area contributed by atoms with Crippen LogP contribution in [0.2, 0.25) is 0 Å². The Balaban J connectivity index is 0.00000180. The number of rotatable bonds is 2. The van der Waals surface area contributed by atoms with Crippen LogP contribution < -0.4 is 11.5 Å². The minimum Gasteiger partial charge on any atom is -0.399 e. The second kappa shape index (κ2) is 6.81. The number of anilines is 2. The molecule has 0 heterocycles. The zero-order valence-corrected chi connectivity index (χ0v) is 12.6. The van der Waals surface area contributed by atoms with E-state index >= 15 is 0 Å². The highest BCUT2D eigenvalue weighted by atomic mass is 35.5. The third kappa shape index (κ3) is 4.01. The van der Waals surface area contributed by atoms with Crippen molar-refractivity contribution in [1.82, 2.24) is 0 Å². The highest BCUT2D eigenvalue weighted by Crippen LogP contribution is 2.29. The van der Waals surface area contributed by atoms with Crippen LogP contribution in [-0.2, 0) is 10.1 Å². The summed E-state index contributed by atoms with van der Waals surface area (Å²) in [6.45, 7) is 0. The summed E-state index contributed by atoms with van der Waals surface area (Å²) in [5.74, 6) is 0. The number of nitrogen functional groups attached to an aromatic ring is 2. The number of halogens is 2. The van der Waals surface area contributed by atoms with E-state index < -0.39 is 10.1 Å². The lowest BCUT2D eigenvalue weighted by Crippen LogP contribution is -2.02. The van der Waals surface area contributed by atoms with Gasteiger partial charge in [-0.05, 0) is 29.8 Å². The number of hydrogen-bond donors (Lipinski definition) is 3. The van der Waals surface area contributed by atoms with Crippen molar-refractivity contribution in [2.45, 2.75) is 4.90 Å². The number of nitrogens with two attached hydrogens (primary N) is 2. The molecule has 20 heavy (non-hydrogen) atoms. The van der Waals surface area contributed by atoms with E-state index in [2.05, 4.69) is 0 Å². The molecule has 5 nitrogen and oxygen atoms in total. The van der Waals surface area contributed by atoms with Crippen LogP contribution in [0.1, 0.15) is 0 Å². The summed E-state index contributed by atoms with van der Waals surface area (Å²) in [5.41, 5.74) is 13.0. The first-order chi connectivity index (χ1) is 8.38. The van der Waals surface area contributed by atoms with E-state index in [1.807, 2.05) is 0 Å². The van der Waals surface area contributed by atoms with Crippen molar-refractivity contribution in [2.75, 3.05) is 11.5 Å². The minimum absolute atomic E-state index is 0. The minimum atomic E-state index is -4.33. The summed E-state index contributed by atoms with van der Waals surface area (Å²) in [5, 5.41) is 0. The molecule has 2 rings (SSSR count). The van der Waals surface area contributed by atoms with Crippen LogP contribution in [0.25, 0.3) is 11.1 Å². The molecule has 0 aromatic heterocycles. The van der Waals surface area contributed by atoms with E-state index in [0.29, 0.717) is 16.8 Å². The fraction of sp³-hybridized carbons (Fsp3) is 0. The second-order valence-corrected chi connectivity index (χ2v) is 5.24. The maximum Gasteiger partial charge on any atom is 0.295 e. The Morgan fingerprint density at radius 1 is 0.850 bits per heavy atom. The average molecular weight is 337 g/mol. The predicted molar refractivity (Wildman–Crippen MR) is 85.0 cm³/mol. The highest BCUT2D eigenvalue weighted by molar-refractivity contribution is 7.86. The van der Waals surface area contributed by atoms with Crippen molar-refractivity contribution in [2.24, 2.45) is 0 Å². The van der Waals surface area contributed by atoms with Crippen LogP contribution in [0, 0.1) is 0 Å². The van der Waals surface area contributed by atoms with Crippen LogP contribution in [0.4, 0.5) is 11.4 Å². The fourth-order valence-corrected chi connectivity index (χ4v) is 2.40. The molecule has 0 unspecified atom stereocenters. The Hall–Kier alpha value is -1.47. The lowest BCUT2D eigenvalue weighted by atomic mass is 10.1. The van der Waals surface area contributed by atoms with E-state index in [9.17, 15) is 13.0 Å². The van der Waals surface area contributed by atoms with Crippen molar-refractivity contribution in [3.63, 3.8) is 0 Å². The van der Waals surface area contributed by atoms with Crippen LogP contribution in [0.15, 0.2) is 47.4 Å². The molecule has 5 N–H and O–H groups in total. The van der Waals surface area contributed by atoms with Gasteiger partial charge in [0.1, 0.15) is 4.90 Å². The first-order valence-corrected chi connectivity index (χ1v) is 6.55. The van der Waals surface area contributed by atoms with Gasteiger partial charge in [-0.25, -0.2) is 0 Å². The molecule has 2 aromatic carbocycles. The predicted octanol–water partition coefficient (Wildman–Crippen LogP) is 2.61. The number of hydrogen-bond acceptors (Lipinski definition) is 4. The largest absolute Gasteiger partial charge is 0.399 e. The van der Waals surface area contributed by atoms with Crippen LogP contribution >= 0.6 is 24.8 Å². The summed E-state index contributed by atoms with van der Waals surface area (Å²) in [4.78, 5) is -0.215. The monoisotopic (exact) mass is 336 g/mol. The molecular formula is C12H14Cl2N2O3S. The fourth-order valence-electron chi connectivity index (χ4n) is 1.65. The molecule has 110 valence electrons. The Morgan fingerprint density at radius 2 is 1.35 bits per heavy atom. The SMILES string of the molecule is Cl.Cl.Nc1ccc(-c2ccc(N)cc2S(=O)(=O)O)cc1. The molecule has 0 saturated heterocycles. The molecule has 0 aliphatic heterocycles. The van der Waals surface area contributed by atoms with E-state index in [1.165, 1.54) is 6.07 Å². The van der Waals surface area contributed by atoms with Gasteiger partial charge in [-0.1, -0.05) is 18.2 Å². The van der Waals surface area contributed by atoms with Gasteiger partial charge in [0.05, 0.1) is 0 Å². The average Bonchev–Trinajstić information content (AvgIpc) is 2.29. The smallest absolute Gasteiger partial charge is 0.295 e. The lowest BCUT2D eigenvalue weighted by molar-refractivity contribution is 0.483. The van der Waals surface area contributed by atoms with Crippen molar-refractivity contribution in [3.8, 4) is 11.1 Å². The third-order valence-electron chi connectivity index (χ3n) is 2.51. The Labute approximate surface area is 129 Å². The molecule has 0 spiro atoms. The van der Waals surface area contributed by atoms with E-state index in [4.69, 9.17) is 11.5 Å². The zero-order valence-electron chi connectivity index (χ0n) is 10.2. The molecular weight excluding hydrogens is 323 g/mol. The van der Waals surface area contributed by atoms with Gasteiger partial charge in [-0.3, -0.25) is 4.55 Å². The summed E-state index contributed by atoms with van der Waals surface area (Å²) in [7, 11) is -4.33. The molecule has 8 heteroatoms. The first kappa shape index (κ1) is 18.5. The van der Waals surface area contributed by atoms with Crippen LogP contribution in [0.3, 0.4) is 0 Å². The highest BCUT2D eigenvalue weighted by Gasteiger charge is 2.16. The molecule has 0 radical (unpaired) electrons. The Morgan fingerprint density at radius 3 is 1.85 bits per heavy atom. The Bertz CT molecular complexity index is 688. The van der Waals surface area contributed by atoms with Crippen molar-refractivity contribution in [1.29, 1.82) is 0 Å². The van der Waals surface area contributed by atoms with Crippen LogP contribution in [0.5, 0.6) is 0 Å². The van der Waals surface area contributed by atoms with E-state index in [1.54, 1.807) is 36.4 Å². The van der Waals surface area contributed by atoms with Crippen molar-refractivity contribution in [3.05, 3.63) is 42.5 Å². The maximum atomic E-state index is 11.3. The summed E-state index contributed by atoms with van der Waals surface area (Å²) < 4.78 is 31.8. The van der Waals surface area contributed by atoms with Gasteiger partial charge in [-0.2, -0.15) is 8.42 Å². The van der Waals surface area contributed by atoms with Gasteiger partial charge in [-0.15, -0.1) is 24.8 Å². The third-order valence-corrected chi connectivity index (χ3v) is 3.40. The standard InChI is InChI=1S/C12H12N2O3S.2ClH/c13-9-3-1-8(2-4-9)11-6-5-10(14)7-12(11)18(15,16)17;;/h1-7H,13-14H2,(H,15,16,17);2*1H. The lowest BCUT2D eigenvalue weighted by Gasteiger charge is -2.08. The molecule has 0 aliphatic carbocycles. The molecule has 0 bridgehead atoms. The van der Waals surface area contributed by atoms with Gasteiger partial charge in [0.2, 0.25) is 0 Å². The quantitative estimate of drug-likeness (QED) is 0.577. The molecule has 0 fully saturated rings. The maximum absolute atomic E-state index is 11.3. The number of benzene rings is 2. The van der Waals surface area contributed by atoms with Gasteiger partial charge < -0.3 is 11.5 Å². The van der Waals surface area contributed by atoms with Crippen molar-refractivity contribution < 1.29 is 13.0 Å². The molecule has 2 aromatic rings. The van der Waals surface area contributed by atoms with E-state index in [-0.39, 0.29) is 35.4 Å². The van der Waals surface area contributed by atoms with Crippen molar-refractivity contribution >= 4 is 46.3 Å². The molecule has 0 aliphatic rings. The molecule has 0 amide bonds. The normalized spacial score (nSPS) is 10.2. The van der Waals surface area contributed by atoms with E-state index in [0.717, 1.165) is 0 Å². The Kier molecular flexibility index (Phi) is 6.31. The van der Waals surface area contributed by atoms with Gasteiger partial charge >= 0.3 is 0 Å². The van der Waals surface area contributed by atoms with Gasteiger partial charge in [0.25, 0.3) is 10.1 Å². The van der Waals surface area contributed by atoms with Gasteiger partial charge in [0, 0.05) is 16.9 Å². The summed E-state index contributed by atoms with van der Waals surface area (Å²) in [6, 6.07) is 11.0. The van der Waals surface area contributed by atoms with Crippen LogP contribution in [-0.4, -0.2) is 13.0 Å². The molecule has 0 saturated carbocycles. The zero-order chi connectivity index (χ0) is 13.3. The first-order valence-electron chi connectivity index (χ1n) is 5.11. The topological polar surface area (TPSA) is 106 Å².